The quantitative estimate of drug-likeness (QED) is 0.302. The molecule has 0 saturated carbocycles. The standard InChI is InChI=1S/C25H33ClN4O3/c1-3-5-14-30(15-6-4-2)16-8-13-28-25(31)22-23(29-33-24(22)27)21-12-11-20(32-21)18-9-7-10-19(26)17-18/h7,9-12,17H,3-6,8,13-16,27H2,1-2H3,(H,28,31). The first kappa shape index (κ1) is 24.9. The molecule has 2 aromatic heterocycles. The van der Waals surface area contributed by atoms with Crippen molar-refractivity contribution in [2.45, 2.75) is 46.0 Å². The Labute approximate surface area is 200 Å². The van der Waals surface area contributed by atoms with E-state index in [-0.39, 0.29) is 23.0 Å². The summed E-state index contributed by atoms with van der Waals surface area (Å²) in [6.45, 7) is 8.10. The lowest BCUT2D eigenvalue weighted by molar-refractivity contribution is 0.0952. The van der Waals surface area contributed by atoms with Gasteiger partial charge in [-0.3, -0.25) is 4.79 Å². The van der Waals surface area contributed by atoms with Gasteiger partial charge in [0.05, 0.1) is 0 Å². The molecule has 7 nitrogen and oxygen atoms in total. The molecule has 1 aromatic carbocycles. The Bertz CT molecular complexity index is 1020. The minimum Gasteiger partial charge on any atom is -0.454 e. The summed E-state index contributed by atoms with van der Waals surface area (Å²) in [5, 5.41) is 7.52. The summed E-state index contributed by atoms with van der Waals surface area (Å²) in [6, 6.07) is 10.9. The number of anilines is 1. The number of amides is 1. The maximum atomic E-state index is 12.9. The van der Waals surface area contributed by atoms with E-state index in [0.717, 1.165) is 31.6 Å². The van der Waals surface area contributed by atoms with Crippen LogP contribution in [0.2, 0.25) is 5.02 Å². The molecule has 0 radical (unpaired) electrons. The van der Waals surface area contributed by atoms with Gasteiger partial charge in [-0.15, -0.1) is 0 Å². The lowest BCUT2D eigenvalue weighted by Crippen LogP contribution is -2.31. The highest BCUT2D eigenvalue weighted by Crippen LogP contribution is 2.32. The zero-order valence-electron chi connectivity index (χ0n) is 19.4. The number of hydrogen-bond donors (Lipinski definition) is 2. The number of aromatic nitrogens is 1. The predicted octanol–water partition coefficient (Wildman–Crippen LogP) is 5.86. The van der Waals surface area contributed by atoms with Crippen LogP contribution in [0.1, 0.15) is 56.3 Å². The zero-order chi connectivity index (χ0) is 23.6. The average Bonchev–Trinajstić information content (AvgIpc) is 3.44. The van der Waals surface area contributed by atoms with Crippen LogP contribution < -0.4 is 11.1 Å². The summed E-state index contributed by atoms with van der Waals surface area (Å²) in [5.74, 6) is 0.661. The van der Waals surface area contributed by atoms with Crippen molar-refractivity contribution in [1.29, 1.82) is 0 Å². The predicted molar refractivity (Wildman–Crippen MR) is 132 cm³/mol. The second kappa shape index (κ2) is 12.5. The second-order valence-corrected chi connectivity index (χ2v) is 8.54. The first-order valence-electron chi connectivity index (χ1n) is 11.6. The molecule has 3 N–H and O–H groups in total. The Morgan fingerprint density at radius 3 is 2.45 bits per heavy atom. The third-order valence-electron chi connectivity index (χ3n) is 5.49. The van der Waals surface area contributed by atoms with Crippen LogP contribution in [0.15, 0.2) is 45.3 Å². The van der Waals surface area contributed by atoms with Gasteiger partial charge in [-0.1, -0.05) is 55.6 Å². The lowest BCUT2D eigenvalue weighted by atomic mass is 10.1. The molecule has 8 heteroatoms. The van der Waals surface area contributed by atoms with Crippen LogP contribution >= 0.6 is 11.6 Å². The Hall–Kier alpha value is -2.77. The number of carbonyl (C=O) groups excluding carboxylic acids is 1. The summed E-state index contributed by atoms with van der Waals surface area (Å²) in [6.07, 6.45) is 5.61. The fraction of sp³-hybridized carbons (Fsp3) is 0.440. The molecular formula is C25H33ClN4O3. The summed E-state index contributed by atoms with van der Waals surface area (Å²) < 4.78 is 11.0. The third kappa shape index (κ3) is 6.85. The number of nitrogens with one attached hydrogen (secondary N) is 1. The molecule has 2 heterocycles. The van der Waals surface area contributed by atoms with Gasteiger partial charge in [0.1, 0.15) is 11.3 Å². The first-order chi connectivity index (χ1) is 16.0. The van der Waals surface area contributed by atoms with Gasteiger partial charge in [0.25, 0.3) is 5.91 Å². The van der Waals surface area contributed by atoms with E-state index in [4.69, 9.17) is 26.3 Å². The van der Waals surface area contributed by atoms with E-state index in [1.54, 1.807) is 24.3 Å². The normalized spacial score (nSPS) is 11.3. The molecule has 3 aromatic rings. The molecule has 0 aliphatic rings. The summed E-state index contributed by atoms with van der Waals surface area (Å²) in [7, 11) is 0. The molecule has 0 bridgehead atoms. The van der Waals surface area contributed by atoms with E-state index in [1.165, 1.54) is 25.7 Å². The monoisotopic (exact) mass is 472 g/mol. The van der Waals surface area contributed by atoms with Crippen LogP contribution in [0.3, 0.4) is 0 Å². The molecule has 1 amide bonds. The van der Waals surface area contributed by atoms with Crippen molar-refractivity contribution in [3.63, 3.8) is 0 Å². The molecule has 0 saturated heterocycles. The second-order valence-electron chi connectivity index (χ2n) is 8.10. The zero-order valence-corrected chi connectivity index (χ0v) is 20.2. The van der Waals surface area contributed by atoms with Crippen LogP contribution in [-0.4, -0.2) is 42.1 Å². The molecule has 33 heavy (non-hydrogen) atoms. The van der Waals surface area contributed by atoms with E-state index < -0.39 is 0 Å². The van der Waals surface area contributed by atoms with E-state index in [0.29, 0.717) is 23.1 Å². The number of carbonyl (C=O) groups is 1. The Kier molecular flexibility index (Phi) is 9.39. The number of rotatable bonds is 13. The van der Waals surface area contributed by atoms with Gasteiger partial charge in [0, 0.05) is 17.1 Å². The largest absolute Gasteiger partial charge is 0.454 e. The van der Waals surface area contributed by atoms with Crippen molar-refractivity contribution in [2.24, 2.45) is 0 Å². The van der Waals surface area contributed by atoms with Crippen molar-refractivity contribution in [3.8, 4) is 22.8 Å². The van der Waals surface area contributed by atoms with Crippen LogP contribution in [0.4, 0.5) is 5.88 Å². The molecule has 0 aliphatic carbocycles. The van der Waals surface area contributed by atoms with Crippen molar-refractivity contribution >= 4 is 23.4 Å². The van der Waals surface area contributed by atoms with Crippen molar-refractivity contribution < 1.29 is 13.7 Å². The number of nitrogen functional groups attached to an aromatic ring is 1. The maximum absolute atomic E-state index is 12.9. The van der Waals surface area contributed by atoms with Gasteiger partial charge < -0.3 is 24.9 Å². The van der Waals surface area contributed by atoms with E-state index in [1.807, 2.05) is 12.1 Å². The van der Waals surface area contributed by atoms with Gasteiger partial charge in [0.15, 0.2) is 11.5 Å². The Morgan fingerprint density at radius 1 is 1.06 bits per heavy atom. The van der Waals surface area contributed by atoms with Crippen LogP contribution in [0.25, 0.3) is 22.8 Å². The van der Waals surface area contributed by atoms with Gasteiger partial charge in [0.2, 0.25) is 5.88 Å². The van der Waals surface area contributed by atoms with Gasteiger partial charge in [-0.25, -0.2) is 0 Å². The van der Waals surface area contributed by atoms with Crippen LogP contribution in [0, 0.1) is 0 Å². The van der Waals surface area contributed by atoms with E-state index >= 15 is 0 Å². The molecule has 0 atom stereocenters. The number of benzene rings is 1. The fourth-order valence-electron chi connectivity index (χ4n) is 3.64. The van der Waals surface area contributed by atoms with Gasteiger partial charge in [-0.2, -0.15) is 0 Å². The highest BCUT2D eigenvalue weighted by atomic mass is 35.5. The average molecular weight is 473 g/mol. The fourth-order valence-corrected chi connectivity index (χ4v) is 3.83. The maximum Gasteiger partial charge on any atom is 0.259 e. The number of halogens is 1. The Morgan fingerprint density at radius 2 is 1.76 bits per heavy atom. The van der Waals surface area contributed by atoms with E-state index in [2.05, 4.69) is 29.2 Å². The number of nitrogens with two attached hydrogens (primary N) is 1. The highest BCUT2D eigenvalue weighted by Gasteiger charge is 2.24. The summed E-state index contributed by atoms with van der Waals surface area (Å²) >= 11 is 6.08. The topological polar surface area (TPSA) is 97.5 Å². The number of hydrogen-bond acceptors (Lipinski definition) is 6. The van der Waals surface area contributed by atoms with Crippen LogP contribution in [-0.2, 0) is 0 Å². The molecule has 0 fully saturated rings. The molecule has 3 rings (SSSR count). The molecular weight excluding hydrogens is 440 g/mol. The number of furan rings is 1. The Balaban J connectivity index is 1.62. The first-order valence-corrected chi connectivity index (χ1v) is 12.0. The number of unbranched alkanes of at least 4 members (excludes halogenated alkanes) is 2. The van der Waals surface area contributed by atoms with E-state index in [9.17, 15) is 4.79 Å². The third-order valence-corrected chi connectivity index (χ3v) is 5.72. The summed E-state index contributed by atoms with van der Waals surface area (Å²) in [4.78, 5) is 15.3. The number of nitrogens with zero attached hydrogens (tertiary/aromatic N) is 2. The smallest absolute Gasteiger partial charge is 0.259 e. The molecule has 178 valence electrons. The van der Waals surface area contributed by atoms with Gasteiger partial charge in [-0.05, 0) is 63.2 Å². The lowest BCUT2D eigenvalue weighted by Gasteiger charge is -2.21. The minimum absolute atomic E-state index is 0.0317. The molecule has 0 unspecified atom stereocenters. The summed E-state index contributed by atoms with van der Waals surface area (Å²) in [5.41, 5.74) is 7.22. The minimum atomic E-state index is -0.321. The van der Waals surface area contributed by atoms with Crippen LogP contribution in [0.5, 0.6) is 0 Å². The molecule has 0 aliphatic heterocycles. The SMILES string of the molecule is CCCCN(CCCC)CCCNC(=O)c1c(-c2ccc(-c3cccc(Cl)c3)o2)noc1N. The van der Waals surface area contributed by atoms with Crippen molar-refractivity contribution in [1.82, 2.24) is 15.4 Å². The van der Waals surface area contributed by atoms with Crippen molar-refractivity contribution in [2.75, 3.05) is 31.9 Å². The van der Waals surface area contributed by atoms with Crippen molar-refractivity contribution in [3.05, 3.63) is 47.0 Å². The van der Waals surface area contributed by atoms with Gasteiger partial charge >= 0.3 is 0 Å². The molecule has 0 spiro atoms. The highest BCUT2D eigenvalue weighted by molar-refractivity contribution is 6.30.